The maximum atomic E-state index is 16.2. The van der Waals surface area contributed by atoms with Crippen molar-refractivity contribution >= 4 is 50.4 Å². The first-order valence-electron chi connectivity index (χ1n) is 16.3. The van der Waals surface area contributed by atoms with Crippen LogP contribution in [0.25, 0.3) is 11.1 Å². The van der Waals surface area contributed by atoms with Crippen LogP contribution in [0.1, 0.15) is 22.3 Å². The van der Waals surface area contributed by atoms with Gasteiger partial charge >= 0.3 is 0 Å². The van der Waals surface area contributed by atoms with Crippen LogP contribution in [0.3, 0.4) is 0 Å². The molecular weight excluding hydrogens is 698 g/mol. The summed E-state index contributed by atoms with van der Waals surface area (Å²) >= 11 is 3.52. The number of hydrogen-bond donors (Lipinski definition) is 0. The van der Waals surface area contributed by atoms with Crippen molar-refractivity contribution in [1.29, 1.82) is 0 Å². The van der Waals surface area contributed by atoms with Gasteiger partial charge in [0.25, 0.3) is 0 Å². The second-order valence-corrected chi connectivity index (χ2v) is 13.9. The van der Waals surface area contributed by atoms with Crippen LogP contribution in [-0.2, 0) is 25.2 Å². The molecule has 8 nitrogen and oxygen atoms in total. The smallest absolute Gasteiger partial charge is 0.239 e. The minimum absolute atomic E-state index is 0.0723. The Morgan fingerprint density at radius 3 is 1.50 bits per heavy atom. The van der Waals surface area contributed by atoms with E-state index in [9.17, 15) is 0 Å². The first kappa shape index (κ1) is 29.3. The number of benzene rings is 5. The largest absolute Gasteiger partial charge is 0.454 e. The van der Waals surface area contributed by atoms with Gasteiger partial charge in [0.1, 0.15) is 0 Å². The molecule has 4 atom stereocenters. The number of allylic oxidation sites excluding steroid dienone is 2. The van der Waals surface area contributed by atoms with Crippen LogP contribution in [0.15, 0.2) is 126 Å². The van der Waals surface area contributed by atoms with Gasteiger partial charge in [0.15, 0.2) is 28.8 Å². The summed E-state index contributed by atoms with van der Waals surface area (Å²) in [4.78, 5) is 47.8. The molecule has 1 saturated heterocycles. The van der Waals surface area contributed by atoms with Crippen molar-refractivity contribution in [3.8, 4) is 23.0 Å². The Kier molecular flexibility index (Phi) is 6.10. The summed E-state index contributed by atoms with van der Waals surface area (Å²) in [5, 5.41) is 0. The lowest BCUT2D eigenvalue weighted by molar-refractivity contribution is -0.130. The van der Waals surface area contributed by atoms with E-state index in [2.05, 4.69) is 15.9 Å². The lowest BCUT2D eigenvalue weighted by Gasteiger charge is -2.39. The third kappa shape index (κ3) is 3.57. The third-order valence-electron chi connectivity index (χ3n) is 10.8. The van der Waals surface area contributed by atoms with E-state index in [-0.39, 0.29) is 19.4 Å². The summed E-state index contributed by atoms with van der Waals surface area (Å²) in [5.41, 5.74) is 1.27. The van der Waals surface area contributed by atoms with Crippen LogP contribution in [0.4, 0.5) is 5.69 Å². The molecule has 3 aliphatic heterocycles. The van der Waals surface area contributed by atoms with Gasteiger partial charge in [-0.15, -0.1) is 0 Å². The Balaban J connectivity index is 1.37. The van der Waals surface area contributed by atoms with Crippen LogP contribution < -0.4 is 23.8 Å². The number of imide groups is 1. The van der Waals surface area contributed by atoms with E-state index in [4.69, 9.17) is 18.9 Å². The van der Waals surface area contributed by atoms with Gasteiger partial charge in [0.2, 0.25) is 25.4 Å². The molecule has 2 aliphatic carbocycles. The fraction of sp³-hybridized carbons (Fsp3) is 0.146. The molecule has 244 valence electrons. The second-order valence-electron chi connectivity index (χ2n) is 13.0. The van der Waals surface area contributed by atoms with Crippen LogP contribution in [-0.4, -0.2) is 31.2 Å². The monoisotopic (exact) mass is 723 g/mol. The van der Waals surface area contributed by atoms with Gasteiger partial charge in [-0.1, -0.05) is 94.8 Å². The van der Waals surface area contributed by atoms with E-state index in [0.717, 1.165) is 4.47 Å². The third-order valence-corrected chi connectivity index (χ3v) is 11.3. The zero-order chi connectivity index (χ0) is 33.8. The molecule has 1 saturated carbocycles. The summed E-state index contributed by atoms with van der Waals surface area (Å²) in [6.07, 6.45) is 0. The minimum Gasteiger partial charge on any atom is -0.454 e. The second kappa shape index (κ2) is 10.4. The number of ketones is 1. The molecule has 2 bridgehead atoms. The number of amides is 2. The molecule has 9 heteroatoms. The number of rotatable bonds is 5. The molecule has 5 aliphatic rings. The van der Waals surface area contributed by atoms with Crippen LogP contribution >= 0.6 is 15.9 Å². The first-order valence-corrected chi connectivity index (χ1v) is 17.1. The predicted molar refractivity (Wildman–Crippen MR) is 187 cm³/mol. The zero-order valence-corrected chi connectivity index (χ0v) is 27.9. The van der Waals surface area contributed by atoms with Gasteiger partial charge in [-0.3, -0.25) is 14.4 Å². The quantitative estimate of drug-likeness (QED) is 0.179. The highest BCUT2D eigenvalue weighted by molar-refractivity contribution is 9.10. The molecule has 10 rings (SSSR count). The molecule has 0 unspecified atom stereocenters. The number of Topliss-reactive ketones (excluding diaryl/α,β-unsaturated/α-hetero) is 1. The lowest BCUT2D eigenvalue weighted by Crippen LogP contribution is -2.45. The van der Waals surface area contributed by atoms with Crippen LogP contribution in [0, 0.1) is 11.8 Å². The number of fused-ring (bicyclic) bond motifs is 7. The number of anilines is 1. The standard InChI is InChI=1S/C41H26BrNO7/c42-27-12-7-13-28(20-27)43-37(44)35-36(38(43)45)41(26-10-5-2-6-11-26)34(24-15-17-30-32(19-24)50-22-48-30)33(23-14-16-29-31(18-23)49-21-47-29)40(35,39(41)46)25-8-3-1-4-9-25/h1-20,35-36H,21-22H2/t35-,36-,40-,41-/m0/s1. The summed E-state index contributed by atoms with van der Waals surface area (Å²) in [6.45, 7) is 0.145. The minimum atomic E-state index is -1.56. The van der Waals surface area contributed by atoms with Gasteiger partial charge in [0, 0.05) is 4.47 Å². The van der Waals surface area contributed by atoms with E-state index < -0.39 is 34.5 Å². The Labute approximate surface area is 295 Å². The maximum Gasteiger partial charge on any atom is 0.239 e. The summed E-state index contributed by atoms with van der Waals surface area (Å²) in [5.74, 6) is -0.913. The zero-order valence-electron chi connectivity index (χ0n) is 26.3. The highest BCUT2D eigenvalue weighted by atomic mass is 79.9. The van der Waals surface area contributed by atoms with E-state index in [1.54, 1.807) is 18.2 Å². The molecule has 0 aromatic heterocycles. The summed E-state index contributed by atoms with van der Waals surface area (Å²) in [7, 11) is 0. The summed E-state index contributed by atoms with van der Waals surface area (Å²) < 4.78 is 23.8. The molecule has 0 spiro atoms. The van der Waals surface area contributed by atoms with Crippen LogP contribution in [0.2, 0.25) is 0 Å². The molecular formula is C41H26BrNO7. The van der Waals surface area contributed by atoms with Crippen molar-refractivity contribution in [1.82, 2.24) is 0 Å². The number of nitrogens with zero attached hydrogens (tertiary/aromatic N) is 1. The fourth-order valence-electron chi connectivity index (χ4n) is 9.10. The van der Waals surface area contributed by atoms with E-state index in [1.165, 1.54) is 4.90 Å². The van der Waals surface area contributed by atoms with Gasteiger partial charge in [-0.05, 0) is 75.9 Å². The maximum absolute atomic E-state index is 16.2. The van der Waals surface area contributed by atoms with Crippen LogP contribution in [0.5, 0.6) is 23.0 Å². The van der Waals surface area contributed by atoms with E-state index in [1.807, 2.05) is 103 Å². The van der Waals surface area contributed by atoms with Crippen molar-refractivity contribution in [2.24, 2.45) is 11.8 Å². The molecule has 5 aromatic rings. The van der Waals surface area contributed by atoms with Gasteiger partial charge in [-0.2, -0.15) is 0 Å². The SMILES string of the molecule is O=C1[C@@H]2[C@@H](C(=O)N1c1cccc(Br)c1)[C@@]1(c3ccccc3)C(=O)[C@@]2(c2ccccc2)C(c2ccc3c(c2)OCO3)=C1c1ccc2c(c1)OCO2. The molecule has 2 amide bonds. The molecule has 5 aromatic carbocycles. The topological polar surface area (TPSA) is 91.4 Å². The van der Waals surface area contributed by atoms with Crippen molar-refractivity contribution in [3.05, 3.63) is 148 Å². The van der Waals surface area contributed by atoms with Crippen molar-refractivity contribution in [3.63, 3.8) is 0 Å². The summed E-state index contributed by atoms with van der Waals surface area (Å²) in [6, 6.07) is 37.2. The number of hydrogen-bond acceptors (Lipinski definition) is 7. The Bertz CT molecular complexity index is 2200. The van der Waals surface area contributed by atoms with Crippen molar-refractivity contribution < 1.29 is 33.3 Å². The predicted octanol–water partition coefficient (Wildman–Crippen LogP) is 7.10. The average molecular weight is 725 g/mol. The fourth-order valence-corrected chi connectivity index (χ4v) is 9.49. The lowest BCUT2D eigenvalue weighted by atomic mass is 9.59. The Hall–Kier alpha value is -5.67. The van der Waals surface area contributed by atoms with Crippen molar-refractivity contribution in [2.75, 3.05) is 18.5 Å². The molecule has 0 radical (unpaired) electrons. The molecule has 0 N–H and O–H groups in total. The Morgan fingerprint density at radius 1 is 0.540 bits per heavy atom. The Morgan fingerprint density at radius 2 is 1.02 bits per heavy atom. The number of ether oxygens (including phenoxy) is 4. The highest BCUT2D eigenvalue weighted by Gasteiger charge is 2.82. The highest BCUT2D eigenvalue weighted by Crippen LogP contribution is 2.74. The molecule has 3 heterocycles. The number of carbonyl (C=O) groups excluding carboxylic acids is 3. The first-order chi connectivity index (χ1) is 24.5. The van der Waals surface area contributed by atoms with Gasteiger partial charge < -0.3 is 18.9 Å². The normalized spacial score (nSPS) is 25.5. The van der Waals surface area contributed by atoms with Gasteiger partial charge in [0.05, 0.1) is 28.4 Å². The van der Waals surface area contributed by atoms with E-state index in [0.29, 0.717) is 62.1 Å². The number of carbonyl (C=O) groups is 3. The average Bonchev–Trinajstić information content (AvgIpc) is 3.95. The van der Waals surface area contributed by atoms with Crippen molar-refractivity contribution in [2.45, 2.75) is 10.8 Å². The number of halogens is 1. The molecule has 50 heavy (non-hydrogen) atoms. The molecule has 2 fully saturated rings. The van der Waals surface area contributed by atoms with E-state index >= 15 is 14.4 Å². The van der Waals surface area contributed by atoms with Gasteiger partial charge in [-0.25, -0.2) is 4.90 Å².